The van der Waals surface area contributed by atoms with Crippen molar-refractivity contribution in [1.29, 1.82) is 0 Å². The third-order valence-electron chi connectivity index (χ3n) is 7.27. The molecule has 2 aliphatic heterocycles. The van der Waals surface area contributed by atoms with Crippen LogP contribution < -0.4 is 15.0 Å². The van der Waals surface area contributed by atoms with Gasteiger partial charge < -0.3 is 9.64 Å². The zero-order valence-electron chi connectivity index (χ0n) is 17.9. The van der Waals surface area contributed by atoms with Crippen LogP contribution in [-0.2, 0) is 4.79 Å². The number of nitrogens with zero attached hydrogens (tertiary/aromatic N) is 3. The molecule has 2 saturated carbocycles. The van der Waals surface area contributed by atoms with Crippen LogP contribution in [-0.4, -0.2) is 73.2 Å². The topological polar surface area (TPSA) is 65.1 Å². The van der Waals surface area contributed by atoms with Crippen LogP contribution in [0.1, 0.15) is 38.5 Å². The van der Waals surface area contributed by atoms with Crippen molar-refractivity contribution in [3.05, 3.63) is 23.2 Å². The molecule has 5 rings (SSSR count). The zero-order valence-corrected chi connectivity index (χ0v) is 18.6. The van der Waals surface area contributed by atoms with E-state index in [1.807, 2.05) is 12.1 Å². The first kappa shape index (κ1) is 21.0. The largest absolute Gasteiger partial charge is 0.490 e. The summed E-state index contributed by atoms with van der Waals surface area (Å²) in [6.07, 6.45) is 6.83. The summed E-state index contributed by atoms with van der Waals surface area (Å²) >= 11 is 6.32. The van der Waals surface area contributed by atoms with E-state index >= 15 is 0 Å². The van der Waals surface area contributed by atoms with E-state index in [1.54, 1.807) is 6.07 Å². The molecule has 168 valence electrons. The van der Waals surface area contributed by atoms with Gasteiger partial charge in [-0.15, -0.1) is 0 Å². The number of amides is 3. The molecule has 1 aromatic carbocycles. The van der Waals surface area contributed by atoms with Crippen molar-refractivity contribution in [2.45, 2.75) is 50.7 Å². The second kappa shape index (κ2) is 8.96. The van der Waals surface area contributed by atoms with Gasteiger partial charge in [0.25, 0.3) is 0 Å². The van der Waals surface area contributed by atoms with Crippen LogP contribution in [0.25, 0.3) is 0 Å². The Morgan fingerprint density at radius 2 is 1.84 bits per heavy atom. The van der Waals surface area contributed by atoms with Gasteiger partial charge in [-0.2, -0.15) is 0 Å². The molecule has 3 amide bonds. The van der Waals surface area contributed by atoms with Crippen molar-refractivity contribution in [3.8, 4) is 5.75 Å². The van der Waals surface area contributed by atoms with Gasteiger partial charge in [0.1, 0.15) is 5.75 Å². The minimum absolute atomic E-state index is 0.215. The van der Waals surface area contributed by atoms with Gasteiger partial charge in [0.05, 0.1) is 16.8 Å². The smallest absolute Gasteiger partial charge is 0.328 e. The number of carbonyl (C=O) groups excluding carboxylic acids is 2. The molecule has 0 aromatic heterocycles. The van der Waals surface area contributed by atoms with Gasteiger partial charge >= 0.3 is 6.03 Å². The zero-order chi connectivity index (χ0) is 21.4. The van der Waals surface area contributed by atoms with Crippen LogP contribution in [0.4, 0.5) is 10.5 Å². The SMILES string of the molecule is O=C1CCN(c2cc(OC3CC(CN4CCN(C5CCC5)CC4)C3)ccc2Cl)C(=O)N1. The number of hydrogen-bond donors (Lipinski definition) is 1. The Morgan fingerprint density at radius 1 is 1.06 bits per heavy atom. The number of piperazine rings is 1. The van der Waals surface area contributed by atoms with Crippen LogP contribution in [0.15, 0.2) is 18.2 Å². The highest BCUT2D eigenvalue weighted by atomic mass is 35.5. The second-order valence-corrected chi connectivity index (χ2v) is 9.77. The number of anilines is 1. The van der Waals surface area contributed by atoms with Crippen LogP contribution in [0.5, 0.6) is 5.75 Å². The Balaban J connectivity index is 1.09. The third-order valence-corrected chi connectivity index (χ3v) is 7.59. The highest BCUT2D eigenvalue weighted by molar-refractivity contribution is 6.34. The molecular weight excluding hydrogens is 416 g/mol. The van der Waals surface area contributed by atoms with Crippen molar-refractivity contribution in [2.75, 3.05) is 44.2 Å². The standard InChI is InChI=1S/C23H31ClN4O3/c24-20-5-4-18(14-21(20)28-7-6-22(29)25-23(28)30)31-19-12-16(13-19)15-26-8-10-27(11-9-26)17-2-1-3-17/h4-5,14,16-17,19H,1-3,6-13,15H2,(H,25,29,30). The van der Waals surface area contributed by atoms with E-state index in [1.165, 1.54) is 56.9 Å². The molecule has 1 N–H and O–H groups in total. The van der Waals surface area contributed by atoms with E-state index in [0.717, 1.165) is 24.6 Å². The molecule has 0 radical (unpaired) electrons. The molecule has 0 spiro atoms. The number of imide groups is 1. The van der Waals surface area contributed by atoms with E-state index in [9.17, 15) is 9.59 Å². The first-order valence-corrected chi connectivity index (χ1v) is 12.0. The summed E-state index contributed by atoms with van der Waals surface area (Å²) in [5.74, 6) is 1.17. The number of hydrogen-bond acceptors (Lipinski definition) is 5. The summed E-state index contributed by atoms with van der Waals surface area (Å²) in [4.78, 5) is 30.4. The minimum atomic E-state index is -0.434. The maximum Gasteiger partial charge on any atom is 0.328 e. The van der Waals surface area contributed by atoms with E-state index in [2.05, 4.69) is 15.1 Å². The van der Waals surface area contributed by atoms with Crippen LogP contribution in [0, 0.1) is 5.92 Å². The molecule has 7 nitrogen and oxygen atoms in total. The van der Waals surface area contributed by atoms with Crippen molar-refractivity contribution in [3.63, 3.8) is 0 Å². The average molecular weight is 447 g/mol. The van der Waals surface area contributed by atoms with Crippen LogP contribution >= 0.6 is 11.6 Å². The van der Waals surface area contributed by atoms with Gasteiger partial charge in [-0.1, -0.05) is 18.0 Å². The summed E-state index contributed by atoms with van der Waals surface area (Å²) in [5, 5.41) is 2.81. The van der Waals surface area contributed by atoms with E-state index in [4.69, 9.17) is 16.3 Å². The van der Waals surface area contributed by atoms with Crippen LogP contribution in [0.2, 0.25) is 5.02 Å². The number of halogens is 1. The Bertz CT molecular complexity index is 832. The molecule has 31 heavy (non-hydrogen) atoms. The van der Waals surface area contributed by atoms with Gasteiger partial charge in [-0.3, -0.25) is 19.9 Å². The minimum Gasteiger partial charge on any atom is -0.490 e. The summed E-state index contributed by atoms with van der Waals surface area (Å²) < 4.78 is 6.17. The Hall–Kier alpha value is -1.83. The Labute approximate surface area is 188 Å². The van der Waals surface area contributed by atoms with Crippen molar-refractivity contribution < 1.29 is 14.3 Å². The monoisotopic (exact) mass is 446 g/mol. The van der Waals surface area contributed by atoms with Gasteiger partial charge in [0, 0.05) is 57.8 Å². The van der Waals surface area contributed by atoms with E-state index in [-0.39, 0.29) is 18.4 Å². The first-order valence-electron chi connectivity index (χ1n) is 11.6. The number of carbonyl (C=O) groups is 2. The quantitative estimate of drug-likeness (QED) is 0.727. The molecule has 2 saturated heterocycles. The maximum atomic E-state index is 12.2. The lowest BCUT2D eigenvalue weighted by Gasteiger charge is -2.45. The summed E-state index contributed by atoms with van der Waals surface area (Å²) in [6.45, 7) is 6.33. The predicted octanol–water partition coefficient (Wildman–Crippen LogP) is 3.11. The van der Waals surface area contributed by atoms with E-state index in [0.29, 0.717) is 23.2 Å². The molecule has 0 unspecified atom stereocenters. The first-order chi connectivity index (χ1) is 15.0. The molecular formula is C23H31ClN4O3. The highest BCUT2D eigenvalue weighted by Crippen LogP contribution is 2.36. The molecule has 0 atom stereocenters. The fraction of sp³-hybridized carbons (Fsp3) is 0.652. The predicted molar refractivity (Wildman–Crippen MR) is 120 cm³/mol. The summed E-state index contributed by atoms with van der Waals surface area (Å²) in [7, 11) is 0. The normalized spacial score (nSPS) is 28.1. The molecule has 1 aromatic rings. The summed E-state index contributed by atoms with van der Waals surface area (Å²) in [5.41, 5.74) is 0.587. The highest BCUT2D eigenvalue weighted by Gasteiger charge is 2.34. The maximum absolute atomic E-state index is 12.2. The Morgan fingerprint density at radius 3 is 2.52 bits per heavy atom. The lowest BCUT2D eigenvalue weighted by Crippen LogP contribution is -2.54. The van der Waals surface area contributed by atoms with Gasteiger partial charge in [0.2, 0.25) is 5.91 Å². The van der Waals surface area contributed by atoms with Crippen molar-refractivity contribution in [1.82, 2.24) is 15.1 Å². The molecule has 0 bridgehead atoms. The third kappa shape index (κ3) is 4.69. The molecule has 4 fully saturated rings. The lowest BCUT2D eigenvalue weighted by molar-refractivity contribution is -0.120. The number of nitrogens with one attached hydrogen (secondary N) is 1. The average Bonchev–Trinajstić information content (AvgIpc) is 2.68. The molecule has 4 aliphatic rings. The Kier molecular flexibility index (Phi) is 6.08. The molecule has 2 aliphatic carbocycles. The number of ether oxygens (including phenoxy) is 1. The van der Waals surface area contributed by atoms with Gasteiger partial charge in [-0.25, -0.2) is 4.79 Å². The molecule has 8 heteroatoms. The van der Waals surface area contributed by atoms with Crippen molar-refractivity contribution in [2.24, 2.45) is 5.92 Å². The summed E-state index contributed by atoms with van der Waals surface area (Å²) in [6, 6.07) is 5.85. The van der Waals surface area contributed by atoms with Gasteiger partial charge in [0.15, 0.2) is 0 Å². The lowest BCUT2D eigenvalue weighted by atomic mass is 9.81. The van der Waals surface area contributed by atoms with Gasteiger partial charge in [-0.05, 0) is 43.7 Å². The van der Waals surface area contributed by atoms with Crippen molar-refractivity contribution >= 4 is 29.2 Å². The number of urea groups is 1. The molecule has 2 heterocycles. The number of benzene rings is 1. The fourth-order valence-electron chi connectivity index (χ4n) is 5.11. The fourth-order valence-corrected chi connectivity index (χ4v) is 5.33. The van der Waals surface area contributed by atoms with E-state index < -0.39 is 6.03 Å². The van der Waals surface area contributed by atoms with Crippen LogP contribution in [0.3, 0.4) is 0 Å². The second-order valence-electron chi connectivity index (χ2n) is 9.37. The number of rotatable bonds is 6.